The van der Waals surface area contributed by atoms with Gasteiger partial charge >= 0.3 is 0 Å². The number of carbonyl (C=O) groups is 1. The first-order chi connectivity index (χ1) is 12.0. The Balaban J connectivity index is 4.99. The number of unbranched alkanes of at least 4 members (excludes halogenated alkanes) is 2. The summed E-state index contributed by atoms with van der Waals surface area (Å²) in [7, 11) is -4.17. The van der Waals surface area contributed by atoms with E-state index >= 15 is 0 Å². The van der Waals surface area contributed by atoms with E-state index in [1.54, 1.807) is 6.92 Å². The zero-order valence-corrected chi connectivity index (χ0v) is 17.9. The smallest absolute Gasteiger partial charge is 0.246 e. The summed E-state index contributed by atoms with van der Waals surface area (Å²) in [6.07, 6.45) is 5.50. The topological polar surface area (TPSA) is 86.3 Å². The van der Waals surface area contributed by atoms with Crippen LogP contribution >= 0.6 is 0 Å². The Kier molecular flexibility index (Phi) is 12.0. The van der Waals surface area contributed by atoms with Gasteiger partial charge in [0.2, 0.25) is 5.91 Å². The Hall–Kier alpha value is -0.920. The number of rotatable bonds is 15. The van der Waals surface area contributed by atoms with E-state index in [1.165, 1.54) is 0 Å². The fourth-order valence-corrected chi connectivity index (χ4v) is 3.60. The van der Waals surface area contributed by atoms with Crippen molar-refractivity contribution < 1.29 is 22.2 Å². The molecule has 0 radical (unpaired) electrons. The lowest BCUT2D eigenvalue weighted by molar-refractivity contribution is -0.929. The summed E-state index contributed by atoms with van der Waals surface area (Å²) in [5, 5.41) is 2.95. The third-order valence-electron chi connectivity index (χ3n) is 4.80. The fraction of sp³-hybridized carbons (Fsp3) is 0.842. The van der Waals surface area contributed by atoms with E-state index in [1.807, 2.05) is 6.92 Å². The Morgan fingerprint density at radius 2 is 1.58 bits per heavy atom. The van der Waals surface area contributed by atoms with Crippen LogP contribution < -0.4 is 5.32 Å². The SMILES string of the molecule is C=C(C)C(=O)NC(C)CC[N+](CCCC)(CCCC)CCCS(=O)(=O)[O-]. The van der Waals surface area contributed by atoms with E-state index in [0.717, 1.165) is 56.2 Å². The number of hydrogen-bond acceptors (Lipinski definition) is 4. The molecule has 0 aliphatic carbocycles. The van der Waals surface area contributed by atoms with Crippen molar-refractivity contribution in [1.82, 2.24) is 5.32 Å². The average molecular weight is 391 g/mol. The van der Waals surface area contributed by atoms with Crippen molar-refractivity contribution in [3.63, 3.8) is 0 Å². The maximum Gasteiger partial charge on any atom is 0.246 e. The van der Waals surface area contributed by atoms with Crippen molar-refractivity contribution in [2.45, 2.75) is 72.3 Å². The molecular formula is C19H38N2O4S. The molecule has 1 N–H and O–H groups in total. The van der Waals surface area contributed by atoms with Crippen molar-refractivity contribution in [3.8, 4) is 0 Å². The highest BCUT2D eigenvalue weighted by Crippen LogP contribution is 2.16. The molecule has 0 rings (SSSR count). The van der Waals surface area contributed by atoms with Crippen LogP contribution in [-0.4, -0.2) is 61.3 Å². The summed E-state index contributed by atoms with van der Waals surface area (Å²) in [5.74, 6) is -0.428. The molecule has 0 fully saturated rings. The molecule has 0 aliphatic heterocycles. The average Bonchev–Trinajstić information content (AvgIpc) is 2.54. The van der Waals surface area contributed by atoms with Crippen LogP contribution in [0.25, 0.3) is 0 Å². The van der Waals surface area contributed by atoms with Gasteiger partial charge in [0.05, 0.1) is 36.3 Å². The van der Waals surface area contributed by atoms with Crippen LogP contribution in [0.3, 0.4) is 0 Å². The second kappa shape index (κ2) is 12.5. The molecule has 0 aromatic rings. The minimum absolute atomic E-state index is 0.0307. The Morgan fingerprint density at radius 3 is 2.00 bits per heavy atom. The van der Waals surface area contributed by atoms with E-state index in [4.69, 9.17) is 0 Å². The standard InChI is InChI=1S/C19H38N2O4S/c1-6-8-12-21(13-9-7-2,14-10-16-26(23,24)25)15-11-18(5)20-19(22)17(3)4/h18H,3,6-16H2,1-2,4-5H3,(H-,20,22,23,24,25). The summed E-state index contributed by atoms with van der Waals surface area (Å²) in [6, 6.07) is 0.0307. The van der Waals surface area contributed by atoms with Gasteiger partial charge in [-0.3, -0.25) is 4.79 Å². The van der Waals surface area contributed by atoms with Crippen LogP contribution in [0.2, 0.25) is 0 Å². The second-order valence-corrected chi connectivity index (χ2v) is 9.03. The summed E-state index contributed by atoms with van der Waals surface area (Å²) < 4.78 is 33.8. The minimum atomic E-state index is -4.17. The summed E-state index contributed by atoms with van der Waals surface area (Å²) >= 11 is 0. The van der Waals surface area contributed by atoms with Gasteiger partial charge < -0.3 is 14.4 Å². The molecule has 0 saturated carbocycles. The fourth-order valence-electron chi connectivity index (χ4n) is 3.12. The Morgan fingerprint density at radius 1 is 1.08 bits per heavy atom. The highest BCUT2D eigenvalue weighted by molar-refractivity contribution is 7.85. The van der Waals surface area contributed by atoms with Crippen LogP contribution in [0.1, 0.15) is 66.2 Å². The van der Waals surface area contributed by atoms with Crippen LogP contribution in [0, 0.1) is 0 Å². The van der Waals surface area contributed by atoms with E-state index in [9.17, 15) is 17.8 Å². The zero-order chi connectivity index (χ0) is 20.2. The monoisotopic (exact) mass is 390 g/mol. The molecule has 0 heterocycles. The van der Waals surface area contributed by atoms with Gasteiger partial charge in [-0.05, 0) is 26.7 Å². The van der Waals surface area contributed by atoms with Crippen LogP contribution in [0.5, 0.6) is 0 Å². The van der Waals surface area contributed by atoms with Crippen molar-refractivity contribution in [2.75, 3.05) is 31.9 Å². The van der Waals surface area contributed by atoms with Gasteiger partial charge in [-0.1, -0.05) is 33.3 Å². The molecule has 26 heavy (non-hydrogen) atoms. The van der Waals surface area contributed by atoms with Gasteiger partial charge in [-0.15, -0.1) is 0 Å². The molecule has 0 bridgehead atoms. The number of amides is 1. The number of nitrogens with zero attached hydrogens (tertiary/aromatic N) is 1. The molecule has 0 aromatic carbocycles. The number of hydrogen-bond donors (Lipinski definition) is 1. The first kappa shape index (κ1) is 25.1. The summed E-state index contributed by atoms with van der Waals surface area (Å²) in [5.41, 5.74) is 0.496. The number of nitrogens with one attached hydrogen (secondary N) is 1. The molecule has 1 unspecified atom stereocenters. The molecule has 0 saturated heterocycles. The molecule has 7 heteroatoms. The van der Waals surface area contributed by atoms with E-state index in [-0.39, 0.29) is 17.7 Å². The predicted octanol–water partition coefficient (Wildman–Crippen LogP) is 2.81. The lowest BCUT2D eigenvalue weighted by Crippen LogP contribution is -2.52. The van der Waals surface area contributed by atoms with Gasteiger partial charge in [-0.2, -0.15) is 0 Å². The van der Waals surface area contributed by atoms with Gasteiger partial charge in [0, 0.05) is 30.2 Å². The molecule has 154 valence electrons. The quantitative estimate of drug-likeness (QED) is 0.265. The first-order valence-corrected chi connectivity index (χ1v) is 11.4. The molecule has 6 nitrogen and oxygen atoms in total. The van der Waals surface area contributed by atoms with Crippen molar-refractivity contribution in [2.24, 2.45) is 0 Å². The van der Waals surface area contributed by atoms with Crippen molar-refractivity contribution in [3.05, 3.63) is 12.2 Å². The maximum absolute atomic E-state index is 11.8. The van der Waals surface area contributed by atoms with E-state index in [2.05, 4.69) is 25.7 Å². The molecule has 1 atom stereocenters. The van der Waals surface area contributed by atoms with Crippen LogP contribution in [0.15, 0.2) is 12.2 Å². The summed E-state index contributed by atoms with van der Waals surface area (Å²) in [4.78, 5) is 11.8. The number of carbonyl (C=O) groups excluding carboxylic acids is 1. The zero-order valence-electron chi connectivity index (χ0n) is 17.1. The first-order valence-electron chi connectivity index (χ1n) is 9.80. The third kappa shape index (κ3) is 11.6. The van der Waals surface area contributed by atoms with E-state index < -0.39 is 10.1 Å². The van der Waals surface area contributed by atoms with Crippen molar-refractivity contribution in [1.29, 1.82) is 0 Å². The minimum Gasteiger partial charge on any atom is -0.748 e. The second-order valence-electron chi connectivity index (χ2n) is 7.50. The Labute approximate surface area is 160 Å². The predicted molar refractivity (Wildman–Crippen MR) is 106 cm³/mol. The third-order valence-corrected chi connectivity index (χ3v) is 5.59. The summed E-state index contributed by atoms with van der Waals surface area (Å²) in [6.45, 7) is 15.2. The molecule has 0 spiro atoms. The van der Waals surface area contributed by atoms with Gasteiger partial charge in [-0.25, -0.2) is 8.42 Å². The number of quaternary nitrogens is 1. The normalized spacial score (nSPS) is 13.4. The van der Waals surface area contributed by atoms with Gasteiger partial charge in [0.25, 0.3) is 0 Å². The largest absolute Gasteiger partial charge is 0.748 e. The molecular weight excluding hydrogens is 352 g/mol. The lowest BCUT2D eigenvalue weighted by atomic mass is 10.1. The molecule has 0 aliphatic rings. The lowest BCUT2D eigenvalue weighted by Gasteiger charge is -2.40. The van der Waals surface area contributed by atoms with Crippen molar-refractivity contribution >= 4 is 16.0 Å². The Bertz CT molecular complexity index is 524. The molecule has 0 aromatic heterocycles. The van der Waals surface area contributed by atoms with Gasteiger partial charge in [0.15, 0.2) is 0 Å². The van der Waals surface area contributed by atoms with E-state index in [0.29, 0.717) is 18.5 Å². The maximum atomic E-state index is 11.8. The highest BCUT2D eigenvalue weighted by Gasteiger charge is 2.27. The van der Waals surface area contributed by atoms with Crippen LogP contribution in [0.4, 0.5) is 0 Å². The molecule has 1 amide bonds. The van der Waals surface area contributed by atoms with Gasteiger partial charge in [0.1, 0.15) is 0 Å². The van der Waals surface area contributed by atoms with Crippen LogP contribution in [-0.2, 0) is 14.9 Å². The highest BCUT2D eigenvalue weighted by atomic mass is 32.2.